The second-order valence-electron chi connectivity index (χ2n) is 6.57. The van der Waals surface area contributed by atoms with Crippen molar-refractivity contribution in [1.82, 2.24) is 10.6 Å². The number of guanidine groups is 1. The first-order valence-electron chi connectivity index (χ1n) is 6.68. The van der Waals surface area contributed by atoms with Gasteiger partial charge in [-0.25, -0.2) is 8.42 Å². The van der Waals surface area contributed by atoms with E-state index in [1.54, 1.807) is 20.8 Å². The fraction of sp³-hybridized carbons (Fsp3) is 0.923. The first-order chi connectivity index (χ1) is 8.39. The summed E-state index contributed by atoms with van der Waals surface area (Å²) in [4.78, 5) is 4.31. The lowest BCUT2D eigenvalue weighted by molar-refractivity contribution is 0.502. The van der Waals surface area contributed by atoms with Crippen LogP contribution in [-0.4, -0.2) is 43.5 Å². The quantitative estimate of drug-likeness (QED) is 0.416. The van der Waals surface area contributed by atoms with Gasteiger partial charge in [-0.1, -0.05) is 0 Å². The van der Waals surface area contributed by atoms with Crippen LogP contribution in [0.5, 0.6) is 0 Å². The highest BCUT2D eigenvalue weighted by Crippen LogP contribution is 2.15. The molecule has 0 heterocycles. The molecule has 0 spiro atoms. The lowest BCUT2D eigenvalue weighted by Crippen LogP contribution is -2.47. The maximum Gasteiger partial charge on any atom is 0.191 e. The molecule has 0 aliphatic rings. The average molecular weight is 419 g/mol. The Morgan fingerprint density at radius 2 is 1.60 bits per heavy atom. The maximum atomic E-state index is 12.0. The molecule has 0 aromatic heterocycles. The molecule has 0 rings (SSSR count). The van der Waals surface area contributed by atoms with E-state index >= 15 is 0 Å². The van der Waals surface area contributed by atoms with Gasteiger partial charge in [-0.05, 0) is 48.5 Å². The van der Waals surface area contributed by atoms with Crippen LogP contribution in [-0.2, 0) is 9.84 Å². The molecule has 0 saturated carbocycles. The standard InChI is InChI=1S/C13H29N3O2S.HI/c1-8-14-11(16-12(2,3)4)15-9-10-19(17,18)13(5,6)7;/h8-10H2,1-7H3,(H2,14,15,16);1H. The summed E-state index contributed by atoms with van der Waals surface area (Å²) >= 11 is 0. The van der Waals surface area contributed by atoms with Crippen molar-refractivity contribution < 1.29 is 8.42 Å². The highest BCUT2D eigenvalue weighted by molar-refractivity contribution is 14.0. The molecule has 0 amide bonds. The molecule has 5 nitrogen and oxygen atoms in total. The number of rotatable bonds is 4. The summed E-state index contributed by atoms with van der Waals surface area (Å²) in [5, 5.41) is 6.33. The van der Waals surface area contributed by atoms with E-state index in [-0.39, 0.29) is 41.8 Å². The fourth-order valence-electron chi connectivity index (χ4n) is 1.25. The van der Waals surface area contributed by atoms with Crippen molar-refractivity contribution in [3.05, 3.63) is 0 Å². The zero-order valence-corrected chi connectivity index (χ0v) is 16.8. The van der Waals surface area contributed by atoms with Crippen molar-refractivity contribution in [2.75, 3.05) is 18.8 Å². The Morgan fingerprint density at radius 3 is 1.95 bits per heavy atom. The van der Waals surface area contributed by atoms with Gasteiger partial charge in [0.2, 0.25) is 0 Å². The summed E-state index contributed by atoms with van der Waals surface area (Å²) in [5.74, 6) is 0.719. The van der Waals surface area contributed by atoms with Crippen LogP contribution in [0.4, 0.5) is 0 Å². The molecular weight excluding hydrogens is 389 g/mol. The predicted octanol–water partition coefficient (Wildman–Crippen LogP) is 2.17. The summed E-state index contributed by atoms with van der Waals surface area (Å²) in [7, 11) is -3.11. The van der Waals surface area contributed by atoms with E-state index in [1.165, 1.54) is 0 Å². The van der Waals surface area contributed by atoms with Crippen molar-refractivity contribution in [3.63, 3.8) is 0 Å². The molecule has 0 radical (unpaired) electrons. The number of nitrogens with one attached hydrogen (secondary N) is 2. The third-order valence-corrected chi connectivity index (χ3v) is 4.99. The minimum absolute atomic E-state index is 0. The van der Waals surface area contributed by atoms with Crippen molar-refractivity contribution in [1.29, 1.82) is 0 Å². The average Bonchev–Trinajstić information content (AvgIpc) is 2.13. The number of nitrogens with zero attached hydrogens (tertiary/aromatic N) is 1. The van der Waals surface area contributed by atoms with Crippen molar-refractivity contribution in [2.24, 2.45) is 4.99 Å². The minimum atomic E-state index is -3.11. The Hall–Kier alpha value is -0.0500. The van der Waals surface area contributed by atoms with Crippen LogP contribution >= 0.6 is 24.0 Å². The Morgan fingerprint density at radius 1 is 1.10 bits per heavy atom. The van der Waals surface area contributed by atoms with E-state index in [1.807, 2.05) is 27.7 Å². The molecule has 0 atom stereocenters. The lowest BCUT2D eigenvalue weighted by Gasteiger charge is -2.24. The first kappa shape index (κ1) is 22.2. The molecule has 0 aromatic carbocycles. The fourth-order valence-corrected chi connectivity index (χ4v) is 2.19. The van der Waals surface area contributed by atoms with Gasteiger partial charge in [-0.2, -0.15) is 0 Å². The highest BCUT2D eigenvalue weighted by Gasteiger charge is 2.28. The minimum Gasteiger partial charge on any atom is -0.357 e. The maximum absolute atomic E-state index is 12.0. The number of hydrogen-bond acceptors (Lipinski definition) is 3. The molecule has 0 aliphatic heterocycles. The number of sulfone groups is 1. The number of aliphatic imine (C=N–C) groups is 1. The second kappa shape index (κ2) is 8.41. The molecule has 2 N–H and O–H groups in total. The zero-order chi connectivity index (χ0) is 15.3. The van der Waals surface area contributed by atoms with E-state index in [0.717, 1.165) is 6.54 Å². The van der Waals surface area contributed by atoms with Gasteiger partial charge >= 0.3 is 0 Å². The molecule has 20 heavy (non-hydrogen) atoms. The molecule has 0 saturated heterocycles. The van der Waals surface area contributed by atoms with Crippen LogP contribution in [0.1, 0.15) is 48.5 Å². The number of hydrogen-bond donors (Lipinski definition) is 2. The summed E-state index contributed by atoms with van der Waals surface area (Å²) in [6.45, 7) is 14.2. The molecule has 0 unspecified atom stereocenters. The van der Waals surface area contributed by atoms with Crippen molar-refractivity contribution in [2.45, 2.75) is 58.8 Å². The first-order valence-corrected chi connectivity index (χ1v) is 8.33. The zero-order valence-electron chi connectivity index (χ0n) is 13.7. The van der Waals surface area contributed by atoms with Crippen LogP contribution in [0.3, 0.4) is 0 Å². The van der Waals surface area contributed by atoms with Crippen molar-refractivity contribution >= 4 is 39.8 Å². The van der Waals surface area contributed by atoms with E-state index in [2.05, 4.69) is 15.6 Å². The Bertz CT molecular complexity index is 406. The third-order valence-electron chi connectivity index (χ3n) is 2.40. The van der Waals surface area contributed by atoms with E-state index in [0.29, 0.717) is 5.96 Å². The van der Waals surface area contributed by atoms with E-state index in [4.69, 9.17) is 0 Å². The predicted molar refractivity (Wildman–Crippen MR) is 97.8 cm³/mol. The molecule has 0 fully saturated rings. The van der Waals surface area contributed by atoms with Gasteiger partial charge in [0.25, 0.3) is 0 Å². The van der Waals surface area contributed by atoms with Crippen LogP contribution in [0.2, 0.25) is 0 Å². The lowest BCUT2D eigenvalue weighted by atomic mass is 10.1. The number of halogens is 1. The van der Waals surface area contributed by atoms with Gasteiger partial charge < -0.3 is 10.6 Å². The van der Waals surface area contributed by atoms with Crippen LogP contribution in [0.15, 0.2) is 4.99 Å². The van der Waals surface area contributed by atoms with Gasteiger partial charge in [0.1, 0.15) is 0 Å². The smallest absolute Gasteiger partial charge is 0.191 e. The van der Waals surface area contributed by atoms with E-state index < -0.39 is 14.6 Å². The Kier molecular flexibility index (Phi) is 9.35. The Balaban J connectivity index is 0. The molecule has 122 valence electrons. The highest BCUT2D eigenvalue weighted by atomic mass is 127. The molecule has 7 heteroatoms. The Labute approximate surface area is 141 Å². The molecule has 0 bridgehead atoms. The largest absolute Gasteiger partial charge is 0.357 e. The van der Waals surface area contributed by atoms with E-state index in [9.17, 15) is 8.42 Å². The molecular formula is C13H30IN3O2S. The van der Waals surface area contributed by atoms with Crippen LogP contribution in [0.25, 0.3) is 0 Å². The second-order valence-corrected chi connectivity index (χ2v) is 9.43. The van der Waals surface area contributed by atoms with Crippen LogP contribution in [0, 0.1) is 0 Å². The van der Waals surface area contributed by atoms with Crippen molar-refractivity contribution in [3.8, 4) is 0 Å². The molecule has 0 aliphatic carbocycles. The van der Waals surface area contributed by atoms with Gasteiger partial charge in [0, 0.05) is 12.1 Å². The summed E-state index contributed by atoms with van der Waals surface area (Å²) in [6, 6.07) is 0. The SMILES string of the molecule is CCNC(=NCCS(=O)(=O)C(C)(C)C)NC(C)(C)C.I. The summed E-state index contributed by atoms with van der Waals surface area (Å²) < 4.78 is 23.2. The van der Waals surface area contributed by atoms with Gasteiger partial charge in [-0.3, -0.25) is 4.99 Å². The summed E-state index contributed by atoms with van der Waals surface area (Å²) in [6.07, 6.45) is 0. The van der Waals surface area contributed by atoms with Gasteiger partial charge in [0.15, 0.2) is 15.8 Å². The summed E-state index contributed by atoms with van der Waals surface area (Å²) in [5.41, 5.74) is -0.107. The topological polar surface area (TPSA) is 70.6 Å². The van der Waals surface area contributed by atoms with Gasteiger partial charge in [-0.15, -0.1) is 24.0 Å². The normalized spacial score (nSPS) is 13.7. The van der Waals surface area contributed by atoms with Crippen LogP contribution < -0.4 is 10.6 Å². The van der Waals surface area contributed by atoms with Gasteiger partial charge in [0.05, 0.1) is 17.0 Å². The third kappa shape index (κ3) is 8.99. The monoisotopic (exact) mass is 419 g/mol. The molecule has 0 aromatic rings.